The van der Waals surface area contributed by atoms with Gasteiger partial charge in [0.05, 0.1) is 23.8 Å². The summed E-state index contributed by atoms with van der Waals surface area (Å²) >= 11 is 0. The predicted octanol–water partition coefficient (Wildman–Crippen LogP) is 3.80. The van der Waals surface area contributed by atoms with Crippen molar-refractivity contribution in [1.29, 1.82) is 0 Å². The maximum atomic E-state index is 14.7. The molecule has 12 heteroatoms. The molecule has 2 aliphatic carbocycles. The van der Waals surface area contributed by atoms with Crippen molar-refractivity contribution in [2.24, 2.45) is 22.4 Å². The van der Waals surface area contributed by atoms with E-state index in [0.29, 0.717) is 30.9 Å². The van der Waals surface area contributed by atoms with E-state index in [-0.39, 0.29) is 24.8 Å². The van der Waals surface area contributed by atoms with Crippen LogP contribution in [0.4, 0.5) is 0 Å². The lowest BCUT2D eigenvalue weighted by molar-refractivity contribution is -0.145. The molecule has 0 bridgehead atoms. The van der Waals surface area contributed by atoms with E-state index in [1.165, 1.54) is 18.4 Å². The molecule has 4 atom stereocenters. The molecule has 2 aliphatic heterocycles. The second-order valence-corrected chi connectivity index (χ2v) is 15.8. The molecule has 4 amide bonds. The number of benzene rings is 1. The van der Waals surface area contributed by atoms with Crippen LogP contribution in [-0.2, 0) is 28.8 Å². The van der Waals surface area contributed by atoms with Crippen LogP contribution in [0.1, 0.15) is 97.0 Å². The minimum Gasteiger partial charge on any atom is -0.387 e. The first-order valence-corrected chi connectivity index (χ1v) is 18.1. The van der Waals surface area contributed by atoms with Crippen LogP contribution in [0.3, 0.4) is 0 Å². The Kier molecular flexibility index (Phi) is 10.3. The van der Waals surface area contributed by atoms with E-state index in [9.17, 15) is 24.0 Å². The van der Waals surface area contributed by atoms with Crippen molar-refractivity contribution in [3.05, 3.63) is 42.1 Å². The Morgan fingerprint density at radius 3 is 2.42 bits per heavy atom. The average Bonchev–Trinajstić information content (AvgIpc) is 3.71. The summed E-state index contributed by atoms with van der Waals surface area (Å²) < 4.78 is 0. The number of nitrogens with zero attached hydrogens (tertiary/aromatic N) is 3. The number of likely N-dealkylation sites (tertiary alicyclic amines) is 1. The highest BCUT2D eigenvalue weighted by atomic mass is 16.7. The normalized spacial score (nSPS) is 23.6. The lowest BCUT2D eigenvalue weighted by Crippen LogP contribution is -2.59. The number of carbonyl (C=O) groups is 5. The number of likely N-dealkylation sites (N-methyl/N-ethyl adjacent to an activating group) is 1. The number of rotatable bonds is 11. The quantitative estimate of drug-likeness (QED) is 0.303. The second-order valence-electron chi connectivity index (χ2n) is 15.8. The molecule has 1 unspecified atom stereocenters. The minimum absolute atomic E-state index is 0.0525. The number of amides is 4. The van der Waals surface area contributed by atoms with Crippen molar-refractivity contribution in [2.45, 2.75) is 115 Å². The molecule has 4 aliphatic rings. The second kappa shape index (κ2) is 14.5. The van der Waals surface area contributed by atoms with Crippen LogP contribution < -0.4 is 16.0 Å². The zero-order chi connectivity index (χ0) is 35.6. The Balaban J connectivity index is 1.27. The van der Waals surface area contributed by atoms with Crippen molar-refractivity contribution < 1.29 is 28.8 Å². The first kappa shape index (κ1) is 35.5. The summed E-state index contributed by atoms with van der Waals surface area (Å²) in [6.45, 7) is 5.74. The fourth-order valence-electron chi connectivity index (χ4n) is 7.77. The number of oxime groups is 1. The largest absolute Gasteiger partial charge is 0.387 e. The van der Waals surface area contributed by atoms with Gasteiger partial charge in [0.1, 0.15) is 12.1 Å². The molecule has 3 heterocycles. The van der Waals surface area contributed by atoms with Crippen LogP contribution in [0.25, 0.3) is 10.9 Å². The van der Waals surface area contributed by atoms with Crippen LogP contribution in [0.15, 0.2) is 41.7 Å². The van der Waals surface area contributed by atoms with Gasteiger partial charge in [0.25, 0.3) is 5.91 Å². The predicted molar refractivity (Wildman–Crippen MR) is 188 cm³/mol. The summed E-state index contributed by atoms with van der Waals surface area (Å²) in [5, 5.41) is 13.7. The Hall–Kier alpha value is -4.35. The average molecular weight is 687 g/mol. The van der Waals surface area contributed by atoms with Crippen LogP contribution in [0.5, 0.6) is 0 Å². The number of hydrogen-bond acceptors (Lipinski definition) is 8. The summed E-state index contributed by atoms with van der Waals surface area (Å²) in [5.74, 6) is -2.06. The highest BCUT2D eigenvalue weighted by Crippen LogP contribution is 2.41. The molecule has 3 fully saturated rings. The first-order chi connectivity index (χ1) is 23.9. The SMILES string of the molecule is CNC(=O)C(=O)[C@H](CC1CC1)NC(=O)[C@@H]1CC2(CC(c3cccc4cccnc34)=NO2)CN1C(=O)[C@@H](NC(=O)CC1CCCCC1)C(C)(C)C. The van der Waals surface area contributed by atoms with Gasteiger partial charge in [0.15, 0.2) is 5.60 Å². The highest BCUT2D eigenvalue weighted by molar-refractivity contribution is 6.38. The van der Waals surface area contributed by atoms with Gasteiger partial charge in [-0.3, -0.25) is 29.0 Å². The van der Waals surface area contributed by atoms with Crippen molar-refractivity contribution in [1.82, 2.24) is 25.8 Å². The van der Waals surface area contributed by atoms with Crippen LogP contribution in [-0.4, -0.2) is 82.3 Å². The molecule has 1 aromatic heterocycles. The van der Waals surface area contributed by atoms with E-state index in [1.54, 1.807) is 6.20 Å². The van der Waals surface area contributed by atoms with Gasteiger partial charge in [-0.05, 0) is 42.6 Å². The van der Waals surface area contributed by atoms with Crippen LogP contribution in [0.2, 0.25) is 0 Å². The monoisotopic (exact) mass is 686 g/mol. The van der Waals surface area contributed by atoms with Crippen molar-refractivity contribution in [2.75, 3.05) is 13.6 Å². The van der Waals surface area contributed by atoms with Crippen molar-refractivity contribution in [3.8, 4) is 0 Å². The number of aromatic nitrogens is 1. The molecule has 268 valence electrons. The molecular formula is C38H50N6O6. The van der Waals surface area contributed by atoms with Gasteiger partial charge >= 0.3 is 0 Å². The Bertz CT molecular complexity index is 1670. The van der Waals surface area contributed by atoms with E-state index in [0.717, 1.165) is 55.0 Å². The topological polar surface area (TPSA) is 159 Å². The summed E-state index contributed by atoms with van der Waals surface area (Å²) in [6.07, 6.45) is 10.1. The number of carbonyl (C=O) groups excluding carboxylic acids is 5. The molecule has 1 spiro atoms. The van der Waals surface area contributed by atoms with Crippen molar-refractivity contribution >= 4 is 46.0 Å². The third-order valence-electron chi connectivity index (χ3n) is 10.7. The maximum Gasteiger partial charge on any atom is 0.289 e. The van der Waals surface area contributed by atoms with Gasteiger partial charge in [-0.1, -0.05) is 82.3 Å². The number of nitrogens with one attached hydrogen (secondary N) is 3. The molecule has 1 aromatic carbocycles. The van der Waals surface area contributed by atoms with Crippen LogP contribution in [0, 0.1) is 17.3 Å². The molecule has 2 saturated carbocycles. The molecule has 3 N–H and O–H groups in total. The molecule has 0 radical (unpaired) electrons. The Morgan fingerprint density at radius 1 is 0.980 bits per heavy atom. The zero-order valence-electron chi connectivity index (χ0n) is 29.6. The standard InChI is InChI=1S/C38H50N6O6/c1-37(2,3)33(42-30(45)19-23-10-6-5-7-11-23)36(49)44-22-38(20-28(43-50-38)26-14-8-12-25-13-9-17-40-31(25)26)21-29(44)34(47)41-27(18-24-15-16-24)32(46)35(48)39-4/h8-9,12-14,17,23-24,27,29,33H,5-7,10-11,15-16,18-22H2,1-4H3,(H,39,48)(H,41,47)(H,42,45)/t27-,29-,33+,38?/m0/s1. The lowest BCUT2D eigenvalue weighted by Gasteiger charge is -2.36. The molecular weight excluding hydrogens is 636 g/mol. The smallest absolute Gasteiger partial charge is 0.289 e. The molecule has 2 aromatic rings. The van der Waals surface area contributed by atoms with Gasteiger partial charge in [0, 0.05) is 43.5 Å². The fraction of sp³-hybridized carbons (Fsp3) is 0.605. The third-order valence-corrected chi connectivity index (χ3v) is 10.7. The summed E-state index contributed by atoms with van der Waals surface area (Å²) in [6, 6.07) is 6.72. The summed E-state index contributed by atoms with van der Waals surface area (Å²) in [4.78, 5) is 80.0. The maximum absolute atomic E-state index is 14.7. The van der Waals surface area contributed by atoms with E-state index in [1.807, 2.05) is 51.1 Å². The number of pyridine rings is 1. The number of ketones is 1. The van der Waals surface area contributed by atoms with Gasteiger partial charge in [0.2, 0.25) is 23.5 Å². The summed E-state index contributed by atoms with van der Waals surface area (Å²) in [7, 11) is 1.38. The van der Waals surface area contributed by atoms with E-state index in [4.69, 9.17) is 4.84 Å². The number of fused-ring (bicyclic) bond motifs is 1. The highest BCUT2D eigenvalue weighted by Gasteiger charge is 2.56. The van der Waals surface area contributed by atoms with E-state index in [2.05, 4.69) is 26.1 Å². The van der Waals surface area contributed by atoms with Gasteiger partial charge in [-0.2, -0.15) is 0 Å². The fourth-order valence-corrected chi connectivity index (χ4v) is 7.77. The lowest BCUT2D eigenvalue weighted by atomic mass is 9.84. The number of hydrogen-bond donors (Lipinski definition) is 3. The number of Topliss-reactive ketones (excluding diaryl/α,β-unsaturated/α-hetero) is 1. The third kappa shape index (κ3) is 7.84. The van der Waals surface area contributed by atoms with Crippen LogP contribution >= 0.6 is 0 Å². The Labute approximate surface area is 293 Å². The van der Waals surface area contributed by atoms with Gasteiger partial charge < -0.3 is 25.7 Å². The van der Waals surface area contributed by atoms with Crippen molar-refractivity contribution in [3.63, 3.8) is 0 Å². The summed E-state index contributed by atoms with van der Waals surface area (Å²) in [5.41, 5.74) is 0.562. The first-order valence-electron chi connectivity index (χ1n) is 18.1. The molecule has 6 rings (SSSR count). The molecule has 50 heavy (non-hydrogen) atoms. The minimum atomic E-state index is -1.03. The number of para-hydroxylation sites is 1. The van der Waals surface area contributed by atoms with Gasteiger partial charge in [-0.15, -0.1) is 0 Å². The zero-order valence-corrected chi connectivity index (χ0v) is 29.6. The van der Waals surface area contributed by atoms with E-state index < -0.39 is 52.6 Å². The van der Waals surface area contributed by atoms with E-state index >= 15 is 0 Å². The Morgan fingerprint density at radius 2 is 1.72 bits per heavy atom. The van der Waals surface area contributed by atoms with Gasteiger partial charge in [-0.25, -0.2) is 0 Å². The molecule has 12 nitrogen and oxygen atoms in total. The molecule has 1 saturated heterocycles.